The molecule has 1 heterocycles. The standard InChI is InChI=1S/C20H12BrF6NO5/c1-19(2)32-17(29)9(18(30)33-19)7-28-14-5-10(21)15(6-11(14)22)31-16-12(23)3-8(4-13(16)24)20(25,26)27/h3-7,28H,1-2H3. The Morgan fingerprint density at radius 2 is 1.52 bits per heavy atom. The second-order valence-corrected chi connectivity index (χ2v) is 7.87. The quantitative estimate of drug-likeness (QED) is 0.229. The van der Waals surface area contributed by atoms with E-state index in [-0.39, 0.29) is 22.3 Å². The third-order valence-corrected chi connectivity index (χ3v) is 4.67. The number of esters is 2. The average Bonchev–Trinajstić information content (AvgIpc) is 2.65. The van der Waals surface area contributed by atoms with E-state index in [0.29, 0.717) is 6.07 Å². The number of hydrogen-bond acceptors (Lipinski definition) is 6. The SMILES string of the molecule is CC1(C)OC(=O)C(=CNc2cc(Br)c(Oc3c(F)cc(C(F)(F)F)cc3F)cc2F)C(=O)O1. The van der Waals surface area contributed by atoms with Crippen molar-refractivity contribution in [3.05, 3.63) is 63.5 Å². The summed E-state index contributed by atoms with van der Waals surface area (Å²) < 4.78 is 95.1. The second kappa shape index (κ2) is 8.61. The highest BCUT2D eigenvalue weighted by atomic mass is 79.9. The molecule has 0 unspecified atom stereocenters. The van der Waals surface area contributed by atoms with E-state index in [0.717, 1.165) is 12.3 Å². The molecule has 33 heavy (non-hydrogen) atoms. The number of cyclic esters (lactones) is 2. The van der Waals surface area contributed by atoms with Crippen LogP contribution in [0, 0.1) is 17.5 Å². The van der Waals surface area contributed by atoms with E-state index in [4.69, 9.17) is 14.2 Å². The van der Waals surface area contributed by atoms with E-state index < -0.39 is 64.0 Å². The van der Waals surface area contributed by atoms with Crippen LogP contribution in [0.3, 0.4) is 0 Å². The predicted octanol–water partition coefficient (Wildman–Crippen LogP) is 5.81. The first-order valence-corrected chi connectivity index (χ1v) is 9.64. The molecule has 1 aliphatic rings. The van der Waals surface area contributed by atoms with Gasteiger partial charge >= 0.3 is 18.1 Å². The summed E-state index contributed by atoms with van der Waals surface area (Å²) in [5.41, 5.74) is -2.43. The van der Waals surface area contributed by atoms with Crippen LogP contribution < -0.4 is 10.1 Å². The van der Waals surface area contributed by atoms with Gasteiger partial charge in [-0.05, 0) is 34.1 Å². The van der Waals surface area contributed by atoms with Crippen LogP contribution >= 0.6 is 15.9 Å². The first-order valence-electron chi connectivity index (χ1n) is 8.84. The Kier molecular flexibility index (Phi) is 6.37. The first kappa shape index (κ1) is 24.4. The highest BCUT2D eigenvalue weighted by Crippen LogP contribution is 2.39. The number of ether oxygens (including phenoxy) is 3. The summed E-state index contributed by atoms with van der Waals surface area (Å²) in [7, 11) is 0. The zero-order chi connectivity index (χ0) is 24.7. The number of halogens is 7. The molecule has 1 aliphatic heterocycles. The lowest BCUT2D eigenvalue weighted by Gasteiger charge is -2.29. The maximum Gasteiger partial charge on any atom is 0.416 e. The van der Waals surface area contributed by atoms with Gasteiger partial charge in [-0.15, -0.1) is 0 Å². The van der Waals surface area contributed by atoms with Gasteiger partial charge in [0.2, 0.25) is 0 Å². The van der Waals surface area contributed by atoms with Crippen LogP contribution in [0.15, 0.2) is 40.5 Å². The summed E-state index contributed by atoms with van der Waals surface area (Å²) in [6, 6.07) is 1.77. The molecule has 0 aliphatic carbocycles. The zero-order valence-electron chi connectivity index (χ0n) is 16.6. The van der Waals surface area contributed by atoms with Crippen LogP contribution in [0.4, 0.5) is 32.0 Å². The molecule has 0 bridgehead atoms. The number of carbonyl (C=O) groups is 2. The summed E-state index contributed by atoms with van der Waals surface area (Å²) in [6.45, 7) is 2.68. The van der Waals surface area contributed by atoms with Gasteiger partial charge in [0.15, 0.2) is 23.0 Å². The minimum Gasteiger partial charge on any atom is -0.450 e. The fraction of sp³-hybridized carbons (Fsp3) is 0.200. The molecule has 176 valence electrons. The lowest BCUT2D eigenvalue weighted by molar-refractivity contribution is -0.222. The fourth-order valence-electron chi connectivity index (χ4n) is 2.58. The molecule has 0 atom stereocenters. The number of rotatable bonds is 4. The topological polar surface area (TPSA) is 73.9 Å². The van der Waals surface area contributed by atoms with Gasteiger partial charge in [-0.25, -0.2) is 22.8 Å². The minimum atomic E-state index is -4.98. The predicted molar refractivity (Wildman–Crippen MR) is 104 cm³/mol. The van der Waals surface area contributed by atoms with Gasteiger partial charge < -0.3 is 19.5 Å². The van der Waals surface area contributed by atoms with Crippen LogP contribution in [0.2, 0.25) is 0 Å². The largest absolute Gasteiger partial charge is 0.450 e. The second-order valence-electron chi connectivity index (χ2n) is 7.01. The molecule has 2 aromatic carbocycles. The van der Waals surface area contributed by atoms with Gasteiger partial charge in [0.25, 0.3) is 5.79 Å². The van der Waals surface area contributed by atoms with Crippen molar-refractivity contribution in [3.63, 3.8) is 0 Å². The monoisotopic (exact) mass is 539 g/mol. The molecule has 0 saturated carbocycles. The maximum absolute atomic E-state index is 14.5. The number of benzene rings is 2. The third kappa shape index (κ3) is 5.41. The number of alkyl halides is 3. The first-order chi connectivity index (χ1) is 15.2. The van der Waals surface area contributed by atoms with Crippen LogP contribution in [-0.2, 0) is 25.2 Å². The van der Waals surface area contributed by atoms with Crippen LogP contribution in [0.5, 0.6) is 11.5 Å². The van der Waals surface area contributed by atoms with Crippen molar-refractivity contribution in [2.75, 3.05) is 5.32 Å². The number of anilines is 1. The summed E-state index contributed by atoms with van der Waals surface area (Å²) in [5, 5.41) is 2.35. The molecule has 0 aromatic heterocycles. The Bertz CT molecular complexity index is 1130. The Labute approximate surface area is 190 Å². The van der Waals surface area contributed by atoms with Gasteiger partial charge in [0, 0.05) is 26.1 Å². The van der Waals surface area contributed by atoms with Gasteiger partial charge in [0.1, 0.15) is 11.6 Å². The van der Waals surface area contributed by atoms with Crippen molar-refractivity contribution in [1.29, 1.82) is 0 Å². The molecule has 13 heteroatoms. The van der Waals surface area contributed by atoms with E-state index in [9.17, 15) is 35.9 Å². The van der Waals surface area contributed by atoms with Gasteiger partial charge in [-0.1, -0.05) is 0 Å². The molecule has 3 rings (SSSR count). The normalized spacial score (nSPS) is 15.6. The Balaban J connectivity index is 1.85. The van der Waals surface area contributed by atoms with Gasteiger partial charge in [-0.3, -0.25) is 0 Å². The molecule has 0 amide bonds. The van der Waals surface area contributed by atoms with Crippen LogP contribution in [0.25, 0.3) is 0 Å². The molecule has 6 nitrogen and oxygen atoms in total. The van der Waals surface area contributed by atoms with Crippen molar-refractivity contribution in [3.8, 4) is 11.5 Å². The Morgan fingerprint density at radius 3 is 2.03 bits per heavy atom. The van der Waals surface area contributed by atoms with Gasteiger partial charge in [-0.2, -0.15) is 13.2 Å². The van der Waals surface area contributed by atoms with Crippen molar-refractivity contribution in [2.24, 2.45) is 0 Å². The number of hydrogen-bond donors (Lipinski definition) is 1. The van der Waals surface area contributed by atoms with Crippen LogP contribution in [-0.4, -0.2) is 17.7 Å². The van der Waals surface area contributed by atoms with E-state index >= 15 is 0 Å². The summed E-state index contributed by atoms with van der Waals surface area (Å²) in [6.07, 6.45) is -4.15. The van der Waals surface area contributed by atoms with Gasteiger partial charge in [0.05, 0.1) is 15.7 Å². The molecule has 1 fully saturated rings. The third-order valence-electron chi connectivity index (χ3n) is 4.05. The zero-order valence-corrected chi connectivity index (χ0v) is 18.2. The smallest absolute Gasteiger partial charge is 0.416 e. The Hall–Kier alpha value is -3.22. The molecule has 0 radical (unpaired) electrons. The summed E-state index contributed by atoms with van der Waals surface area (Å²) >= 11 is 2.98. The molecular weight excluding hydrogens is 528 g/mol. The summed E-state index contributed by atoms with van der Waals surface area (Å²) in [4.78, 5) is 23.8. The summed E-state index contributed by atoms with van der Waals surface area (Å²) in [5.74, 6) is -9.52. The van der Waals surface area contributed by atoms with Crippen LogP contribution in [0.1, 0.15) is 19.4 Å². The Morgan fingerprint density at radius 1 is 0.970 bits per heavy atom. The molecule has 2 aromatic rings. The van der Waals surface area contributed by atoms with Crippen molar-refractivity contribution >= 4 is 33.6 Å². The maximum atomic E-state index is 14.5. The highest BCUT2D eigenvalue weighted by Gasteiger charge is 2.39. The molecular formula is C20H12BrF6NO5. The highest BCUT2D eigenvalue weighted by molar-refractivity contribution is 9.10. The van der Waals surface area contributed by atoms with E-state index in [1.165, 1.54) is 13.8 Å². The number of carbonyl (C=O) groups excluding carboxylic acids is 2. The average molecular weight is 540 g/mol. The lowest BCUT2D eigenvalue weighted by Crippen LogP contribution is -2.42. The molecule has 0 spiro atoms. The van der Waals surface area contributed by atoms with E-state index in [2.05, 4.69) is 21.2 Å². The number of nitrogens with one attached hydrogen (secondary N) is 1. The van der Waals surface area contributed by atoms with Crippen molar-refractivity contribution in [1.82, 2.24) is 0 Å². The van der Waals surface area contributed by atoms with E-state index in [1.807, 2.05) is 0 Å². The molecule has 1 N–H and O–H groups in total. The van der Waals surface area contributed by atoms with Crippen molar-refractivity contribution in [2.45, 2.75) is 25.8 Å². The van der Waals surface area contributed by atoms with E-state index in [1.54, 1.807) is 0 Å². The molecule has 1 saturated heterocycles. The minimum absolute atomic E-state index is 0.0361. The fourth-order valence-corrected chi connectivity index (χ4v) is 3.00. The van der Waals surface area contributed by atoms with Crippen molar-refractivity contribution < 1.29 is 50.1 Å². The lowest BCUT2D eigenvalue weighted by atomic mass is 10.2.